The van der Waals surface area contributed by atoms with Gasteiger partial charge in [-0.1, -0.05) is 70.5 Å². The number of esters is 1. The maximum atomic E-state index is 14.9. The highest BCUT2D eigenvalue weighted by Gasteiger charge is 2.75. The van der Waals surface area contributed by atoms with Crippen LogP contribution >= 0.6 is 15.9 Å². The van der Waals surface area contributed by atoms with Gasteiger partial charge in [0.25, 0.3) is 5.91 Å². The minimum atomic E-state index is -1.49. The molecule has 5 bridgehead atoms. The number of halogens is 1. The van der Waals surface area contributed by atoms with Crippen molar-refractivity contribution in [2.45, 2.75) is 56.6 Å². The number of likely N-dealkylation sites (tertiary alicyclic amines) is 1. The van der Waals surface area contributed by atoms with Crippen LogP contribution in [0, 0.1) is 25.7 Å². The highest BCUT2D eigenvalue weighted by atomic mass is 79.9. The Morgan fingerprint density at radius 3 is 2.54 bits per heavy atom. The van der Waals surface area contributed by atoms with E-state index in [1.807, 2.05) is 62.4 Å². The first-order chi connectivity index (χ1) is 23.1. The number of anilines is 1. The van der Waals surface area contributed by atoms with Crippen LogP contribution in [0.5, 0.6) is 0 Å². The van der Waals surface area contributed by atoms with E-state index in [9.17, 15) is 24.3 Å². The number of hydrogen-bond donors (Lipinski definition) is 2. The quantitative estimate of drug-likeness (QED) is 0.343. The standard InChI is InChI=1S/C36H40BrN3O8/c1-21-13-14-22(2)26(18-21)39-15-9-5-8-12-27(42)38-25(20-46-3)30(23-10-6-4-7-11-23)47-35(45)28-29-33(43)40(16-17-41)32(34(39)44)36(29)19-24(37)31(28)48-36/h4-7,9-11,13-14,18-19,25,28-32,41H,8,12,15-17,20H2,1-3H3,(H,38,42)/b9-5-/t25-,28+,29-,30-,31+,32+,36-/m0/s1. The van der Waals surface area contributed by atoms with Crippen molar-refractivity contribution >= 4 is 45.3 Å². The van der Waals surface area contributed by atoms with Gasteiger partial charge in [0, 0.05) is 36.8 Å². The molecule has 2 aromatic rings. The summed E-state index contributed by atoms with van der Waals surface area (Å²) in [6.45, 7) is 3.54. The van der Waals surface area contributed by atoms with Crippen LogP contribution in [-0.4, -0.2) is 90.9 Å². The Morgan fingerprint density at radius 2 is 1.81 bits per heavy atom. The Morgan fingerprint density at radius 1 is 1.04 bits per heavy atom. The summed E-state index contributed by atoms with van der Waals surface area (Å²) in [5.74, 6) is -4.04. The predicted molar refractivity (Wildman–Crippen MR) is 180 cm³/mol. The second kappa shape index (κ2) is 13.9. The molecule has 2 N–H and O–H groups in total. The number of aliphatic hydroxyl groups is 1. The van der Waals surface area contributed by atoms with E-state index in [0.29, 0.717) is 22.2 Å². The Hall–Kier alpha value is -3.84. The SMILES string of the molecule is COC[C@@H]1NC(=O)CC/C=C\CN(c2cc(C)ccc2C)C(=O)[C@H]2N(CCO)C(=O)[C@@H]3[C@@H](C(=O)O[C@H]1c1ccccc1)[C@@H]1O[C@@]32C=C1Br. The molecule has 48 heavy (non-hydrogen) atoms. The van der Waals surface area contributed by atoms with Crippen LogP contribution in [-0.2, 0) is 33.4 Å². The number of β-amino-alcohol motifs (C(OH)–C–C–N with tert-alkyl or cyclic N) is 1. The molecule has 254 valence electrons. The molecule has 12 heteroatoms. The van der Waals surface area contributed by atoms with Gasteiger partial charge in [-0.05, 0) is 49.1 Å². The molecule has 4 aliphatic rings. The Balaban J connectivity index is 1.48. The van der Waals surface area contributed by atoms with Crippen LogP contribution in [0.3, 0.4) is 0 Å². The van der Waals surface area contributed by atoms with E-state index in [-0.39, 0.29) is 38.6 Å². The van der Waals surface area contributed by atoms with Crippen LogP contribution in [0.25, 0.3) is 0 Å². The van der Waals surface area contributed by atoms with E-state index in [0.717, 1.165) is 11.1 Å². The van der Waals surface area contributed by atoms with Crippen molar-refractivity contribution in [3.8, 4) is 0 Å². The molecule has 1 spiro atoms. The summed E-state index contributed by atoms with van der Waals surface area (Å²) < 4.78 is 18.8. The van der Waals surface area contributed by atoms with Crippen molar-refractivity contribution in [3.63, 3.8) is 0 Å². The average Bonchev–Trinajstić information content (AvgIpc) is 3.66. The van der Waals surface area contributed by atoms with Gasteiger partial charge in [-0.3, -0.25) is 19.2 Å². The molecule has 0 saturated carbocycles. The maximum absolute atomic E-state index is 14.9. The summed E-state index contributed by atoms with van der Waals surface area (Å²) in [6.07, 6.45) is 4.14. The summed E-state index contributed by atoms with van der Waals surface area (Å²) in [7, 11) is 1.50. The Bertz CT molecular complexity index is 1650. The topological polar surface area (TPSA) is 135 Å². The molecule has 11 nitrogen and oxygen atoms in total. The van der Waals surface area contributed by atoms with Gasteiger partial charge in [0.2, 0.25) is 11.8 Å². The third kappa shape index (κ3) is 5.99. The van der Waals surface area contributed by atoms with Gasteiger partial charge in [0.05, 0.1) is 25.2 Å². The number of rotatable bonds is 6. The van der Waals surface area contributed by atoms with Gasteiger partial charge in [-0.25, -0.2) is 0 Å². The first-order valence-corrected chi connectivity index (χ1v) is 16.9. The van der Waals surface area contributed by atoms with E-state index in [1.165, 1.54) is 12.0 Å². The van der Waals surface area contributed by atoms with Crippen LogP contribution in [0.4, 0.5) is 5.69 Å². The number of aliphatic hydroxyl groups excluding tert-OH is 1. The molecule has 6 rings (SSSR count). The second-order valence-electron chi connectivity index (χ2n) is 12.7. The lowest BCUT2D eigenvalue weighted by Gasteiger charge is -2.36. The molecular formula is C36H40BrN3O8. The molecule has 2 saturated heterocycles. The maximum Gasteiger partial charge on any atom is 0.313 e. The number of nitrogens with one attached hydrogen (secondary N) is 1. The van der Waals surface area contributed by atoms with E-state index in [4.69, 9.17) is 14.2 Å². The van der Waals surface area contributed by atoms with Crippen molar-refractivity contribution < 1.29 is 38.5 Å². The molecule has 7 atom stereocenters. The molecule has 3 amide bonds. The number of cyclic esters (lactones) is 1. The van der Waals surface area contributed by atoms with Gasteiger partial charge in [0.1, 0.15) is 29.8 Å². The summed E-state index contributed by atoms with van der Waals surface area (Å²) in [5.41, 5.74) is 1.60. The second-order valence-corrected chi connectivity index (χ2v) is 13.6. The first-order valence-electron chi connectivity index (χ1n) is 16.2. The van der Waals surface area contributed by atoms with Crippen molar-refractivity contribution in [2.75, 3.05) is 38.3 Å². The van der Waals surface area contributed by atoms with Crippen LogP contribution in [0.1, 0.15) is 35.6 Å². The monoisotopic (exact) mass is 721 g/mol. The lowest BCUT2D eigenvalue weighted by atomic mass is 9.74. The Labute approximate surface area is 288 Å². The van der Waals surface area contributed by atoms with Gasteiger partial charge in [-0.15, -0.1) is 0 Å². The summed E-state index contributed by atoms with van der Waals surface area (Å²) in [6, 6.07) is 12.9. The number of nitrogens with zero attached hydrogens (tertiary/aromatic N) is 2. The highest BCUT2D eigenvalue weighted by molar-refractivity contribution is 9.11. The first kappa shape index (κ1) is 34.0. The fourth-order valence-electron chi connectivity index (χ4n) is 7.48. The third-order valence-corrected chi connectivity index (χ3v) is 10.3. The lowest BCUT2D eigenvalue weighted by molar-refractivity contribution is -0.162. The predicted octanol–water partition coefficient (Wildman–Crippen LogP) is 3.27. The molecule has 0 aromatic heterocycles. The minimum absolute atomic E-state index is 0.0561. The molecule has 2 fully saturated rings. The molecule has 4 heterocycles. The average molecular weight is 723 g/mol. The van der Waals surface area contributed by atoms with E-state index in [1.54, 1.807) is 23.1 Å². The zero-order valence-corrected chi connectivity index (χ0v) is 28.7. The van der Waals surface area contributed by atoms with Crippen molar-refractivity contribution in [2.24, 2.45) is 11.8 Å². The number of hydrogen-bond acceptors (Lipinski definition) is 8. The fraction of sp³-hybridized carbons (Fsp3) is 0.444. The largest absolute Gasteiger partial charge is 0.455 e. The van der Waals surface area contributed by atoms with E-state index >= 15 is 0 Å². The number of amides is 3. The van der Waals surface area contributed by atoms with Crippen LogP contribution in [0.2, 0.25) is 0 Å². The highest BCUT2D eigenvalue weighted by Crippen LogP contribution is 2.59. The molecule has 0 unspecified atom stereocenters. The number of benzene rings is 2. The van der Waals surface area contributed by atoms with Crippen molar-refractivity contribution in [1.29, 1.82) is 0 Å². The Kier molecular flexibility index (Phi) is 9.89. The zero-order chi connectivity index (χ0) is 34.2. The number of ether oxygens (including phenoxy) is 3. The van der Waals surface area contributed by atoms with E-state index in [2.05, 4.69) is 21.2 Å². The molecule has 0 radical (unpaired) electrons. The minimum Gasteiger partial charge on any atom is -0.455 e. The summed E-state index contributed by atoms with van der Waals surface area (Å²) >= 11 is 3.58. The van der Waals surface area contributed by atoms with E-state index < -0.39 is 59.5 Å². The number of carbonyl (C=O) groups is 4. The number of carbonyl (C=O) groups excluding carboxylic acids is 4. The smallest absolute Gasteiger partial charge is 0.313 e. The van der Waals surface area contributed by atoms with Gasteiger partial charge < -0.3 is 34.4 Å². The molecule has 0 aliphatic carbocycles. The summed E-state index contributed by atoms with van der Waals surface area (Å²) in [4.78, 5) is 59.8. The van der Waals surface area contributed by atoms with Crippen LogP contribution < -0.4 is 10.2 Å². The number of allylic oxidation sites excluding steroid dienone is 1. The van der Waals surface area contributed by atoms with Gasteiger partial charge >= 0.3 is 5.97 Å². The number of aryl methyl sites for hydroxylation is 2. The fourth-order valence-corrected chi connectivity index (χ4v) is 8.22. The zero-order valence-electron chi connectivity index (χ0n) is 27.1. The molecule has 4 aliphatic heterocycles. The molecule has 2 aromatic carbocycles. The molecular weight excluding hydrogens is 682 g/mol. The third-order valence-electron chi connectivity index (χ3n) is 9.62. The van der Waals surface area contributed by atoms with Crippen molar-refractivity contribution in [1.82, 2.24) is 10.2 Å². The van der Waals surface area contributed by atoms with Gasteiger partial charge in [-0.2, -0.15) is 0 Å². The van der Waals surface area contributed by atoms with Crippen molar-refractivity contribution in [3.05, 3.63) is 87.9 Å². The number of fused-ring (bicyclic) bond motifs is 2. The normalized spacial score (nSPS) is 31.4. The van der Waals surface area contributed by atoms with Gasteiger partial charge in [0.15, 0.2) is 0 Å². The summed E-state index contributed by atoms with van der Waals surface area (Å²) in [5, 5.41) is 13.1. The number of methoxy groups -OCH3 is 1. The van der Waals surface area contributed by atoms with Crippen LogP contribution in [0.15, 0.2) is 71.2 Å². The lowest BCUT2D eigenvalue weighted by Crippen LogP contribution is -2.56.